The van der Waals surface area contributed by atoms with Crippen LogP contribution in [0.25, 0.3) is 0 Å². The molecule has 2 amide bonds. The molecular weight excluding hydrogens is 422 g/mol. The van der Waals surface area contributed by atoms with Crippen LogP contribution in [0.15, 0.2) is 24.3 Å². The van der Waals surface area contributed by atoms with E-state index in [9.17, 15) is 9.59 Å². The molecule has 6 nitrogen and oxygen atoms in total. The van der Waals surface area contributed by atoms with Gasteiger partial charge < -0.3 is 15.4 Å². The molecule has 2 N–H and O–H groups in total. The first-order valence-electron chi connectivity index (χ1n) is 11.7. The highest BCUT2D eigenvalue weighted by Gasteiger charge is 2.27. The molecule has 1 aliphatic heterocycles. The number of amides is 2. The summed E-state index contributed by atoms with van der Waals surface area (Å²) in [5.74, 6) is 1.12. The predicted octanol–water partition coefficient (Wildman–Crippen LogP) is 4.95. The Morgan fingerprint density at radius 3 is 2.62 bits per heavy atom. The van der Waals surface area contributed by atoms with Crippen LogP contribution < -0.4 is 15.4 Å². The van der Waals surface area contributed by atoms with E-state index in [1.165, 1.54) is 11.3 Å². The molecule has 0 atom stereocenters. The number of fused-ring (bicyclic) bond motifs is 1. The van der Waals surface area contributed by atoms with Crippen molar-refractivity contribution in [1.82, 2.24) is 4.90 Å². The average Bonchev–Trinajstić information content (AvgIpc) is 2.95. The summed E-state index contributed by atoms with van der Waals surface area (Å²) in [6, 6.07) is 7.40. The lowest BCUT2D eigenvalue weighted by atomic mass is 9.99. The summed E-state index contributed by atoms with van der Waals surface area (Å²) < 4.78 is 5.40. The zero-order valence-electron chi connectivity index (χ0n) is 19.0. The largest absolute Gasteiger partial charge is 0.495 e. The van der Waals surface area contributed by atoms with Crippen LogP contribution in [0.2, 0.25) is 0 Å². The number of nitrogens with zero attached hydrogens (tertiary/aromatic N) is 1. The summed E-state index contributed by atoms with van der Waals surface area (Å²) in [6.07, 6.45) is 7.47. The second-order valence-electron chi connectivity index (χ2n) is 8.93. The van der Waals surface area contributed by atoms with Crippen LogP contribution >= 0.6 is 11.3 Å². The minimum atomic E-state index is -0.184. The number of methoxy groups -OCH3 is 1. The molecule has 1 fully saturated rings. The van der Waals surface area contributed by atoms with E-state index in [1.807, 2.05) is 24.3 Å². The Kier molecular flexibility index (Phi) is 7.48. The van der Waals surface area contributed by atoms with Gasteiger partial charge in [0.05, 0.1) is 24.9 Å². The van der Waals surface area contributed by atoms with Crippen LogP contribution in [0.3, 0.4) is 0 Å². The fourth-order valence-electron chi connectivity index (χ4n) is 4.59. The minimum Gasteiger partial charge on any atom is -0.495 e. The Morgan fingerprint density at radius 2 is 1.84 bits per heavy atom. The molecule has 172 valence electrons. The van der Waals surface area contributed by atoms with Gasteiger partial charge in [0, 0.05) is 4.88 Å². The lowest BCUT2D eigenvalue weighted by molar-refractivity contribution is -0.117. The Labute approximate surface area is 194 Å². The molecule has 4 rings (SSSR count). The maximum absolute atomic E-state index is 13.4. The van der Waals surface area contributed by atoms with Crippen molar-refractivity contribution in [3.63, 3.8) is 0 Å². The van der Waals surface area contributed by atoms with Gasteiger partial charge in [-0.25, -0.2) is 0 Å². The van der Waals surface area contributed by atoms with E-state index >= 15 is 0 Å². The molecule has 0 spiro atoms. The van der Waals surface area contributed by atoms with Crippen LogP contribution in [0.1, 0.15) is 59.8 Å². The number of anilines is 2. The summed E-state index contributed by atoms with van der Waals surface area (Å²) in [6.45, 7) is 4.55. The number of benzene rings is 1. The highest BCUT2D eigenvalue weighted by Crippen LogP contribution is 2.38. The number of thiophene rings is 1. The Morgan fingerprint density at radius 1 is 1.09 bits per heavy atom. The minimum absolute atomic E-state index is 0.0395. The summed E-state index contributed by atoms with van der Waals surface area (Å²) in [5, 5.41) is 6.78. The molecule has 1 aliphatic carbocycles. The monoisotopic (exact) mass is 455 g/mol. The summed E-state index contributed by atoms with van der Waals surface area (Å²) in [4.78, 5) is 29.8. The van der Waals surface area contributed by atoms with Gasteiger partial charge in [-0.3, -0.25) is 14.5 Å². The Balaban J connectivity index is 1.55. The van der Waals surface area contributed by atoms with Gasteiger partial charge in [0.15, 0.2) is 0 Å². The number of likely N-dealkylation sites (tertiary alicyclic amines) is 1. The third-order valence-corrected chi connectivity index (χ3v) is 7.71. The third kappa shape index (κ3) is 5.33. The molecule has 1 aromatic carbocycles. The Hall–Kier alpha value is -2.38. The fraction of sp³-hybridized carbons (Fsp3) is 0.520. The maximum atomic E-state index is 13.4. The molecule has 1 aromatic heterocycles. The number of para-hydroxylation sites is 2. The van der Waals surface area contributed by atoms with E-state index in [4.69, 9.17) is 4.74 Å². The van der Waals surface area contributed by atoms with E-state index in [2.05, 4.69) is 22.5 Å². The highest BCUT2D eigenvalue weighted by atomic mass is 32.1. The lowest BCUT2D eigenvalue weighted by Gasteiger charge is -2.29. The predicted molar refractivity (Wildman–Crippen MR) is 130 cm³/mol. The molecule has 0 unspecified atom stereocenters. The molecule has 1 saturated heterocycles. The lowest BCUT2D eigenvalue weighted by Crippen LogP contribution is -2.38. The smallest absolute Gasteiger partial charge is 0.259 e. The van der Waals surface area contributed by atoms with Gasteiger partial charge in [-0.15, -0.1) is 11.3 Å². The normalized spacial score (nSPS) is 17.3. The van der Waals surface area contributed by atoms with Crippen molar-refractivity contribution in [2.24, 2.45) is 5.92 Å². The van der Waals surface area contributed by atoms with Gasteiger partial charge in [-0.05, 0) is 75.2 Å². The quantitative estimate of drug-likeness (QED) is 0.605. The molecule has 32 heavy (non-hydrogen) atoms. The number of carbonyl (C=O) groups excluding carboxylic acids is 2. The standard InChI is InChI=1S/C25H33N3O3S/c1-17-12-14-28(15-13-17)16-22(29)27-25-23(18-8-4-3-5-11-21(18)32-25)24(30)26-19-9-6-7-10-20(19)31-2/h6-7,9-10,17H,3-5,8,11-16H2,1-2H3,(H,26,30)(H,27,29). The van der Waals surface area contributed by atoms with E-state index in [1.54, 1.807) is 18.4 Å². The number of hydrogen-bond acceptors (Lipinski definition) is 5. The molecule has 0 saturated carbocycles. The second-order valence-corrected chi connectivity index (χ2v) is 10.0. The van der Waals surface area contributed by atoms with Gasteiger partial charge in [0.25, 0.3) is 5.91 Å². The number of ether oxygens (including phenoxy) is 1. The van der Waals surface area contributed by atoms with Crippen molar-refractivity contribution in [3.05, 3.63) is 40.3 Å². The average molecular weight is 456 g/mol. The summed E-state index contributed by atoms with van der Waals surface area (Å²) in [7, 11) is 1.59. The second kappa shape index (κ2) is 10.5. The van der Waals surface area contributed by atoms with Crippen LogP contribution in [0.4, 0.5) is 10.7 Å². The van der Waals surface area contributed by atoms with Crippen LogP contribution in [-0.4, -0.2) is 43.5 Å². The first-order chi connectivity index (χ1) is 15.5. The fourth-order valence-corrected chi connectivity index (χ4v) is 5.90. The first-order valence-corrected chi connectivity index (χ1v) is 12.5. The number of hydrogen-bond donors (Lipinski definition) is 2. The first kappa shape index (κ1) is 22.8. The molecule has 0 bridgehead atoms. The number of rotatable bonds is 6. The highest BCUT2D eigenvalue weighted by molar-refractivity contribution is 7.17. The van der Waals surface area contributed by atoms with Crippen molar-refractivity contribution < 1.29 is 14.3 Å². The van der Waals surface area contributed by atoms with Crippen molar-refractivity contribution in [1.29, 1.82) is 0 Å². The SMILES string of the molecule is COc1ccccc1NC(=O)c1c(NC(=O)CN2CCC(C)CC2)sc2c1CCCCC2. The molecule has 7 heteroatoms. The summed E-state index contributed by atoms with van der Waals surface area (Å²) >= 11 is 1.57. The van der Waals surface area contributed by atoms with Gasteiger partial charge in [-0.2, -0.15) is 0 Å². The zero-order valence-corrected chi connectivity index (χ0v) is 19.9. The zero-order chi connectivity index (χ0) is 22.5. The number of nitrogens with one attached hydrogen (secondary N) is 2. The Bertz CT molecular complexity index is 963. The third-order valence-electron chi connectivity index (χ3n) is 6.50. The molecular formula is C25H33N3O3S. The molecule has 2 aromatic rings. The van der Waals surface area contributed by atoms with Gasteiger partial charge in [0.2, 0.25) is 5.91 Å². The van der Waals surface area contributed by atoms with Crippen LogP contribution in [0.5, 0.6) is 5.75 Å². The molecule has 0 radical (unpaired) electrons. The van der Waals surface area contributed by atoms with Crippen LogP contribution in [0, 0.1) is 5.92 Å². The maximum Gasteiger partial charge on any atom is 0.259 e. The van der Waals surface area contributed by atoms with Crippen molar-refractivity contribution in [2.75, 3.05) is 37.4 Å². The molecule has 2 heterocycles. The summed E-state index contributed by atoms with van der Waals surface area (Å²) in [5.41, 5.74) is 2.36. The number of piperidine rings is 1. The number of aryl methyl sites for hydroxylation is 1. The van der Waals surface area contributed by atoms with Crippen molar-refractivity contribution in [3.8, 4) is 5.75 Å². The van der Waals surface area contributed by atoms with Gasteiger partial charge in [0.1, 0.15) is 10.8 Å². The van der Waals surface area contributed by atoms with E-state index in [-0.39, 0.29) is 11.8 Å². The molecule has 2 aliphatic rings. The van der Waals surface area contributed by atoms with Crippen molar-refractivity contribution in [2.45, 2.75) is 51.9 Å². The van der Waals surface area contributed by atoms with E-state index in [0.29, 0.717) is 28.5 Å². The number of carbonyl (C=O) groups is 2. The van der Waals surface area contributed by atoms with Crippen LogP contribution in [-0.2, 0) is 17.6 Å². The van der Waals surface area contributed by atoms with Gasteiger partial charge in [-0.1, -0.05) is 25.5 Å². The van der Waals surface area contributed by atoms with E-state index in [0.717, 1.165) is 63.1 Å². The van der Waals surface area contributed by atoms with Crippen molar-refractivity contribution >= 4 is 33.8 Å². The van der Waals surface area contributed by atoms with E-state index < -0.39 is 0 Å². The topological polar surface area (TPSA) is 70.7 Å². The van der Waals surface area contributed by atoms with Gasteiger partial charge >= 0.3 is 0 Å².